The van der Waals surface area contributed by atoms with Crippen molar-refractivity contribution < 1.29 is 19.1 Å². The summed E-state index contributed by atoms with van der Waals surface area (Å²) in [5.41, 5.74) is 1.04. The van der Waals surface area contributed by atoms with Crippen molar-refractivity contribution in [2.45, 2.75) is 56.1 Å². The summed E-state index contributed by atoms with van der Waals surface area (Å²) in [6, 6.07) is 9.38. The minimum atomic E-state index is -0.774. The Labute approximate surface area is 181 Å². The van der Waals surface area contributed by atoms with Crippen LogP contribution >= 0.6 is 23.5 Å². The van der Waals surface area contributed by atoms with E-state index in [1.807, 2.05) is 53.9 Å². The highest BCUT2D eigenvalue weighted by Gasteiger charge is 2.43. The standard InChI is InChI=1S/C22H29NO4S2/c1-3-19(24)18(10-11-22(2)28-12-7-13-29-22)20(25)23-17(15-27-21(23)26)14-16-8-5-4-6-9-16/h4-6,8-9,17-18H,3,7,10-15H2,1-2H3/t17-,18+/m0/s1. The molecule has 1 aromatic carbocycles. The van der Waals surface area contributed by atoms with E-state index in [2.05, 4.69) is 6.92 Å². The van der Waals surface area contributed by atoms with Gasteiger partial charge >= 0.3 is 6.09 Å². The highest BCUT2D eigenvalue weighted by atomic mass is 32.2. The van der Waals surface area contributed by atoms with Crippen LogP contribution < -0.4 is 0 Å². The van der Waals surface area contributed by atoms with E-state index in [-0.39, 0.29) is 22.5 Å². The number of amides is 2. The summed E-state index contributed by atoms with van der Waals surface area (Å²) in [5.74, 6) is 0.962. The summed E-state index contributed by atoms with van der Waals surface area (Å²) >= 11 is 3.82. The van der Waals surface area contributed by atoms with E-state index in [9.17, 15) is 14.4 Å². The lowest BCUT2D eigenvalue weighted by atomic mass is 9.93. The second kappa shape index (κ2) is 10.0. The fourth-order valence-corrected chi connectivity index (χ4v) is 6.81. The number of carbonyl (C=O) groups is 3. The molecule has 0 bridgehead atoms. The number of ketones is 1. The zero-order valence-electron chi connectivity index (χ0n) is 17.1. The van der Waals surface area contributed by atoms with Crippen LogP contribution in [-0.2, 0) is 20.7 Å². The maximum Gasteiger partial charge on any atom is 0.417 e. The van der Waals surface area contributed by atoms with Gasteiger partial charge in [-0.2, -0.15) is 0 Å². The number of benzene rings is 1. The van der Waals surface area contributed by atoms with Crippen molar-refractivity contribution in [3.63, 3.8) is 0 Å². The van der Waals surface area contributed by atoms with Gasteiger partial charge in [0.2, 0.25) is 5.91 Å². The molecule has 2 amide bonds. The molecule has 29 heavy (non-hydrogen) atoms. The number of rotatable bonds is 8. The third kappa shape index (κ3) is 5.57. The second-order valence-electron chi connectivity index (χ2n) is 7.72. The molecule has 2 heterocycles. The van der Waals surface area contributed by atoms with E-state index in [1.165, 1.54) is 11.3 Å². The molecule has 2 saturated heterocycles. The van der Waals surface area contributed by atoms with Crippen LogP contribution in [0.2, 0.25) is 0 Å². The molecular formula is C22H29NO4S2. The van der Waals surface area contributed by atoms with E-state index < -0.39 is 17.9 Å². The average Bonchev–Trinajstić information content (AvgIpc) is 3.09. The third-order valence-corrected chi connectivity index (χ3v) is 8.86. The van der Waals surface area contributed by atoms with E-state index in [4.69, 9.17) is 4.74 Å². The van der Waals surface area contributed by atoms with Crippen LogP contribution in [0.25, 0.3) is 0 Å². The maximum absolute atomic E-state index is 13.3. The number of thioether (sulfide) groups is 2. The van der Waals surface area contributed by atoms with Gasteiger partial charge in [-0.1, -0.05) is 37.3 Å². The Morgan fingerprint density at radius 2 is 1.93 bits per heavy atom. The van der Waals surface area contributed by atoms with Crippen molar-refractivity contribution in [1.29, 1.82) is 0 Å². The van der Waals surface area contributed by atoms with Crippen LogP contribution in [0.4, 0.5) is 4.79 Å². The molecule has 0 unspecified atom stereocenters. The molecule has 5 nitrogen and oxygen atoms in total. The van der Waals surface area contributed by atoms with Crippen molar-refractivity contribution in [3.8, 4) is 0 Å². The predicted molar refractivity (Wildman–Crippen MR) is 118 cm³/mol. The quantitative estimate of drug-likeness (QED) is 0.559. The van der Waals surface area contributed by atoms with Crippen molar-refractivity contribution >= 4 is 41.3 Å². The van der Waals surface area contributed by atoms with E-state index in [1.54, 1.807) is 6.92 Å². The first-order valence-corrected chi connectivity index (χ1v) is 12.2. The molecule has 2 aliphatic heterocycles. The van der Waals surface area contributed by atoms with Crippen molar-refractivity contribution in [2.75, 3.05) is 18.1 Å². The first-order chi connectivity index (χ1) is 13.9. The van der Waals surface area contributed by atoms with Crippen molar-refractivity contribution in [2.24, 2.45) is 5.92 Å². The number of hydrogen-bond donors (Lipinski definition) is 0. The molecule has 3 rings (SSSR count). The number of carbonyl (C=O) groups excluding carboxylic acids is 3. The van der Waals surface area contributed by atoms with Crippen LogP contribution in [0.15, 0.2) is 30.3 Å². The molecule has 0 N–H and O–H groups in total. The van der Waals surface area contributed by atoms with Crippen LogP contribution in [0.5, 0.6) is 0 Å². The second-order valence-corrected chi connectivity index (χ2v) is 11.2. The highest BCUT2D eigenvalue weighted by Crippen LogP contribution is 2.45. The third-order valence-electron chi connectivity index (χ3n) is 5.54. The molecule has 0 aromatic heterocycles. The monoisotopic (exact) mass is 435 g/mol. The van der Waals surface area contributed by atoms with Crippen LogP contribution in [-0.4, -0.2) is 50.9 Å². The Hall–Kier alpha value is -1.47. The van der Waals surface area contributed by atoms with Gasteiger partial charge in [0.05, 0.1) is 16.0 Å². The highest BCUT2D eigenvalue weighted by molar-refractivity contribution is 8.18. The molecule has 0 saturated carbocycles. The SMILES string of the molecule is CCC(=O)[C@@H](CCC1(C)SCCCS1)C(=O)N1C(=O)OC[C@@H]1Cc1ccccc1. The zero-order chi connectivity index (χ0) is 20.9. The normalized spacial score (nSPS) is 22.2. The summed E-state index contributed by atoms with van der Waals surface area (Å²) < 4.78 is 5.22. The predicted octanol–water partition coefficient (Wildman–Crippen LogP) is 4.54. The van der Waals surface area contributed by atoms with Gasteiger partial charge in [-0.05, 0) is 49.7 Å². The minimum Gasteiger partial charge on any atom is -0.447 e. The first-order valence-electron chi connectivity index (χ1n) is 10.3. The van der Waals surface area contributed by atoms with Gasteiger partial charge in [-0.15, -0.1) is 23.5 Å². The van der Waals surface area contributed by atoms with Gasteiger partial charge in [0, 0.05) is 6.42 Å². The molecule has 0 aliphatic carbocycles. The Kier molecular flexibility index (Phi) is 7.68. The van der Waals surface area contributed by atoms with Gasteiger partial charge < -0.3 is 4.74 Å². The van der Waals surface area contributed by atoms with Gasteiger partial charge in [0.1, 0.15) is 12.4 Å². The molecule has 7 heteroatoms. The smallest absolute Gasteiger partial charge is 0.417 e. The Morgan fingerprint density at radius 3 is 2.59 bits per heavy atom. The summed E-state index contributed by atoms with van der Waals surface area (Å²) in [6.45, 7) is 4.15. The van der Waals surface area contributed by atoms with Crippen LogP contribution in [0, 0.1) is 5.92 Å². The number of hydrogen-bond acceptors (Lipinski definition) is 6. The lowest BCUT2D eigenvalue weighted by Crippen LogP contribution is -2.46. The lowest BCUT2D eigenvalue weighted by molar-refractivity contribution is -0.140. The average molecular weight is 436 g/mol. The van der Waals surface area contributed by atoms with E-state index in [0.717, 1.165) is 23.5 Å². The number of nitrogens with zero attached hydrogens (tertiary/aromatic N) is 1. The van der Waals surface area contributed by atoms with E-state index in [0.29, 0.717) is 19.3 Å². The molecular weight excluding hydrogens is 406 g/mol. The Bertz CT molecular complexity index is 734. The molecule has 158 valence electrons. The van der Waals surface area contributed by atoms with Gasteiger partial charge in [-0.25, -0.2) is 9.69 Å². The molecule has 0 spiro atoms. The number of Topliss-reactive ketones (excluding diaryl/α,β-unsaturated/α-hetero) is 1. The largest absolute Gasteiger partial charge is 0.447 e. The number of imide groups is 1. The van der Waals surface area contributed by atoms with Crippen LogP contribution in [0.3, 0.4) is 0 Å². The van der Waals surface area contributed by atoms with Gasteiger partial charge in [-0.3, -0.25) is 9.59 Å². The molecule has 1 aromatic rings. The van der Waals surface area contributed by atoms with Crippen molar-refractivity contribution in [3.05, 3.63) is 35.9 Å². The van der Waals surface area contributed by atoms with Crippen molar-refractivity contribution in [1.82, 2.24) is 4.90 Å². The minimum absolute atomic E-state index is 0.0275. The van der Waals surface area contributed by atoms with E-state index >= 15 is 0 Å². The zero-order valence-corrected chi connectivity index (χ0v) is 18.7. The molecule has 2 aliphatic rings. The number of cyclic esters (lactones) is 1. The fourth-order valence-electron chi connectivity index (χ4n) is 3.83. The summed E-state index contributed by atoms with van der Waals surface area (Å²) in [5, 5.41) is 0. The summed E-state index contributed by atoms with van der Waals surface area (Å²) in [7, 11) is 0. The molecule has 2 atom stereocenters. The first kappa shape index (κ1) is 22.2. The van der Waals surface area contributed by atoms with Gasteiger partial charge in [0.25, 0.3) is 0 Å². The topological polar surface area (TPSA) is 63.7 Å². The maximum atomic E-state index is 13.3. The molecule has 2 fully saturated rings. The summed E-state index contributed by atoms with van der Waals surface area (Å²) in [4.78, 5) is 39.5. The number of ether oxygens (including phenoxy) is 1. The Balaban J connectivity index is 1.72. The molecule has 0 radical (unpaired) electrons. The van der Waals surface area contributed by atoms with Crippen LogP contribution in [0.1, 0.15) is 45.1 Å². The fraction of sp³-hybridized carbons (Fsp3) is 0.591. The lowest BCUT2D eigenvalue weighted by Gasteiger charge is -2.33. The van der Waals surface area contributed by atoms with Gasteiger partial charge in [0.15, 0.2) is 0 Å². The Morgan fingerprint density at radius 1 is 1.24 bits per heavy atom. The summed E-state index contributed by atoms with van der Waals surface area (Å²) in [6.07, 6.45) is 2.65.